The summed E-state index contributed by atoms with van der Waals surface area (Å²) in [6.45, 7) is 0. The Bertz CT molecular complexity index is 893. The third-order valence-electron chi connectivity index (χ3n) is 3.31. The highest BCUT2D eigenvalue weighted by molar-refractivity contribution is 5.88. The summed E-state index contributed by atoms with van der Waals surface area (Å²) in [4.78, 5) is 12.6. The van der Waals surface area contributed by atoms with Gasteiger partial charge in [-0.3, -0.25) is 15.0 Å². The normalized spacial score (nSPS) is 10.9. The molecule has 0 aliphatic rings. The molecule has 0 spiro atoms. The minimum Gasteiger partial charge on any atom is -0.262 e. The molecule has 0 amide bonds. The largest absolute Gasteiger partial charge is 0.262 e. The summed E-state index contributed by atoms with van der Waals surface area (Å²) in [7, 11) is 0. The van der Waals surface area contributed by atoms with Crippen LogP contribution in [0.25, 0.3) is 27.8 Å². The molecule has 0 aliphatic carbocycles. The fraction of sp³-hybridized carbons (Fsp3) is 0. The number of aromatic nitrogens is 5. The monoisotopic (exact) mass is 273 g/mol. The molecule has 3 aromatic heterocycles. The van der Waals surface area contributed by atoms with Crippen LogP contribution in [0.15, 0.2) is 67.5 Å². The summed E-state index contributed by atoms with van der Waals surface area (Å²) in [5.74, 6) is 0. The topological polar surface area (TPSA) is 56.5 Å². The van der Waals surface area contributed by atoms with Crippen molar-refractivity contribution < 1.29 is 0 Å². The van der Waals surface area contributed by atoms with Gasteiger partial charge in [0.05, 0.1) is 18.1 Å². The van der Waals surface area contributed by atoms with Gasteiger partial charge in [0.1, 0.15) is 11.4 Å². The molecule has 0 radical (unpaired) electrons. The van der Waals surface area contributed by atoms with Crippen LogP contribution in [0.2, 0.25) is 0 Å². The van der Waals surface area contributed by atoms with Gasteiger partial charge in [-0.05, 0) is 6.07 Å². The third-order valence-corrected chi connectivity index (χ3v) is 3.31. The van der Waals surface area contributed by atoms with E-state index < -0.39 is 0 Å². The molecule has 0 saturated carbocycles. The average molecular weight is 273 g/mol. The Kier molecular flexibility index (Phi) is 2.67. The number of hydrogen-bond donors (Lipinski definition) is 0. The van der Waals surface area contributed by atoms with Crippen molar-refractivity contribution in [2.24, 2.45) is 0 Å². The van der Waals surface area contributed by atoms with Crippen LogP contribution in [-0.2, 0) is 0 Å². The number of nitrogens with zero attached hydrogens (tertiary/aromatic N) is 5. The summed E-state index contributed by atoms with van der Waals surface area (Å²) < 4.78 is 1.82. The second-order valence-electron chi connectivity index (χ2n) is 4.62. The highest BCUT2D eigenvalue weighted by Crippen LogP contribution is 2.22. The van der Waals surface area contributed by atoms with E-state index in [1.807, 2.05) is 47.5 Å². The molecule has 0 N–H and O–H groups in total. The molecule has 4 aromatic rings. The second kappa shape index (κ2) is 4.79. The highest BCUT2D eigenvalue weighted by Gasteiger charge is 2.07. The fourth-order valence-electron chi connectivity index (χ4n) is 2.31. The van der Waals surface area contributed by atoms with Crippen LogP contribution < -0.4 is 0 Å². The van der Waals surface area contributed by atoms with Gasteiger partial charge < -0.3 is 0 Å². The van der Waals surface area contributed by atoms with E-state index in [9.17, 15) is 0 Å². The average Bonchev–Trinajstić information content (AvgIpc) is 3.05. The Morgan fingerprint density at radius 1 is 0.810 bits per heavy atom. The van der Waals surface area contributed by atoms with Crippen molar-refractivity contribution in [1.82, 2.24) is 24.7 Å². The van der Waals surface area contributed by atoms with Gasteiger partial charge in [-0.2, -0.15) is 5.10 Å². The first-order valence-corrected chi connectivity index (χ1v) is 6.57. The quantitative estimate of drug-likeness (QED) is 0.563. The molecule has 0 unspecified atom stereocenters. The number of pyridine rings is 1. The van der Waals surface area contributed by atoms with E-state index in [4.69, 9.17) is 0 Å². The van der Waals surface area contributed by atoms with Crippen LogP contribution in [0.1, 0.15) is 0 Å². The van der Waals surface area contributed by atoms with Gasteiger partial charge in [0.15, 0.2) is 0 Å². The van der Waals surface area contributed by atoms with Crippen molar-refractivity contribution in [1.29, 1.82) is 0 Å². The lowest BCUT2D eigenvalue weighted by molar-refractivity contribution is 0.883. The molecule has 5 heteroatoms. The fourth-order valence-corrected chi connectivity index (χ4v) is 2.31. The van der Waals surface area contributed by atoms with E-state index in [0.29, 0.717) is 0 Å². The minimum absolute atomic E-state index is 0.754. The molecule has 100 valence electrons. The Labute approximate surface area is 120 Å². The molecule has 0 saturated heterocycles. The standard InChI is InChI=1S/C16H11N5/c1-2-4-13-12(3-1)9-18-11-16(13)21-8-5-14(20-21)15-10-17-6-7-19-15/h1-11H. The van der Waals surface area contributed by atoms with Crippen LogP contribution in [0.4, 0.5) is 0 Å². The Hall–Kier alpha value is -3.08. The van der Waals surface area contributed by atoms with E-state index in [1.54, 1.807) is 18.6 Å². The van der Waals surface area contributed by atoms with Gasteiger partial charge in [0.25, 0.3) is 0 Å². The molecule has 0 fully saturated rings. The molecule has 1 aromatic carbocycles. The van der Waals surface area contributed by atoms with Gasteiger partial charge in [-0.1, -0.05) is 24.3 Å². The van der Waals surface area contributed by atoms with E-state index in [2.05, 4.69) is 26.1 Å². The SMILES string of the molecule is c1ccc2c(-n3ccc(-c4cnccn4)n3)cncc2c1. The molecule has 3 heterocycles. The van der Waals surface area contributed by atoms with Crippen molar-refractivity contribution in [3.05, 3.63) is 67.5 Å². The van der Waals surface area contributed by atoms with Gasteiger partial charge in [0.2, 0.25) is 0 Å². The predicted molar refractivity (Wildman–Crippen MR) is 79.9 cm³/mol. The second-order valence-corrected chi connectivity index (χ2v) is 4.62. The maximum atomic E-state index is 4.58. The predicted octanol–water partition coefficient (Wildman–Crippen LogP) is 2.88. The third kappa shape index (κ3) is 2.04. The van der Waals surface area contributed by atoms with Gasteiger partial charge in [-0.15, -0.1) is 0 Å². The van der Waals surface area contributed by atoms with Crippen LogP contribution in [0.3, 0.4) is 0 Å². The molecule has 4 rings (SSSR count). The van der Waals surface area contributed by atoms with E-state index in [0.717, 1.165) is 27.8 Å². The number of fused-ring (bicyclic) bond motifs is 1. The van der Waals surface area contributed by atoms with Crippen molar-refractivity contribution >= 4 is 10.8 Å². The zero-order chi connectivity index (χ0) is 14.1. The number of benzene rings is 1. The van der Waals surface area contributed by atoms with E-state index >= 15 is 0 Å². The lowest BCUT2D eigenvalue weighted by Crippen LogP contribution is -1.97. The molecule has 0 bridgehead atoms. The molecular weight excluding hydrogens is 262 g/mol. The maximum absolute atomic E-state index is 4.58. The zero-order valence-electron chi connectivity index (χ0n) is 11.1. The van der Waals surface area contributed by atoms with Crippen LogP contribution in [-0.4, -0.2) is 24.7 Å². The van der Waals surface area contributed by atoms with E-state index in [-0.39, 0.29) is 0 Å². The Morgan fingerprint density at radius 2 is 1.76 bits per heavy atom. The molecule has 5 nitrogen and oxygen atoms in total. The Balaban J connectivity index is 1.85. The first-order valence-electron chi connectivity index (χ1n) is 6.57. The van der Waals surface area contributed by atoms with E-state index in [1.165, 1.54) is 0 Å². The van der Waals surface area contributed by atoms with Gasteiger partial charge in [-0.25, -0.2) is 4.68 Å². The molecule has 21 heavy (non-hydrogen) atoms. The highest BCUT2D eigenvalue weighted by atomic mass is 15.3. The van der Waals surface area contributed by atoms with Crippen LogP contribution >= 0.6 is 0 Å². The summed E-state index contributed by atoms with van der Waals surface area (Å²) >= 11 is 0. The van der Waals surface area contributed by atoms with Crippen molar-refractivity contribution in [3.8, 4) is 17.1 Å². The van der Waals surface area contributed by atoms with Gasteiger partial charge in [0, 0.05) is 35.6 Å². The smallest absolute Gasteiger partial charge is 0.113 e. The lowest BCUT2D eigenvalue weighted by Gasteiger charge is -2.05. The first kappa shape index (κ1) is 11.7. The van der Waals surface area contributed by atoms with Crippen LogP contribution in [0, 0.1) is 0 Å². The summed E-state index contributed by atoms with van der Waals surface area (Å²) in [5.41, 5.74) is 2.49. The van der Waals surface area contributed by atoms with Crippen molar-refractivity contribution in [3.63, 3.8) is 0 Å². The lowest BCUT2D eigenvalue weighted by atomic mass is 10.1. The number of hydrogen-bond acceptors (Lipinski definition) is 4. The van der Waals surface area contributed by atoms with Crippen LogP contribution in [0.5, 0.6) is 0 Å². The van der Waals surface area contributed by atoms with Crippen molar-refractivity contribution in [2.45, 2.75) is 0 Å². The maximum Gasteiger partial charge on any atom is 0.113 e. The van der Waals surface area contributed by atoms with Crippen molar-refractivity contribution in [2.75, 3.05) is 0 Å². The summed E-state index contributed by atoms with van der Waals surface area (Å²) in [6, 6.07) is 10.0. The molecule has 0 aliphatic heterocycles. The first-order chi connectivity index (χ1) is 10.4. The minimum atomic E-state index is 0.754. The molecular formula is C16H11N5. The van der Waals surface area contributed by atoms with Gasteiger partial charge >= 0.3 is 0 Å². The Morgan fingerprint density at radius 3 is 2.67 bits per heavy atom. The zero-order valence-corrected chi connectivity index (χ0v) is 11.1. The number of rotatable bonds is 2. The summed E-state index contributed by atoms with van der Waals surface area (Å²) in [5, 5.41) is 6.78. The summed E-state index contributed by atoms with van der Waals surface area (Å²) in [6.07, 6.45) is 10.6. The molecule has 0 atom stereocenters.